The predicted octanol–water partition coefficient (Wildman–Crippen LogP) is 2.11. The van der Waals surface area contributed by atoms with Crippen molar-refractivity contribution in [1.29, 1.82) is 0 Å². The zero-order chi connectivity index (χ0) is 3.58. The third-order valence-electron chi connectivity index (χ3n) is 0. The van der Waals surface area contributed by atoms with Gasteiger partial charge >= 0.3 is 4.96 Å². The number of halogens is 4. The summed E-state index contributed by atoms with van der Waals surface area (Å²) in [5.41, 5.74) is 0. The molecular weight excluding hydrogens is 153 g/mol. The lowest BCUT2D eigenvalue weighted by Gasteiger charge is -1.61. The van der Waals surface area contributed by atoms with Crippen molar-refractivity contribution >= 4 is 51.7 Å². The van der Waals surface area contributed by atoms with Crippen molar-refractivity contribution in [2.24, 2.45) is 0 Å². The summed E-state index contributed by atoms with van der Waals surface area (Å²) in [6.07, 6.45) is 0. The first-order valence-corrected chi connectivity index (χ1v) is 1.96. The van der Waals surface area contributed by atoms with Gasteiger partial charge < -0.3 is 0 Å². The summed E-state index contributed by atoms with van der Waals surface area (Å²) in [5, 5.41) is 0. The Kier molecular flexibility index (Phi) is 9.95. The lowest BCUT2D eigenvalue weighted by molar-refractivity contribution is 4.07. The highest BCUT2D eigenvalue weighted by molar-refractivity contribution is 7.54. The molecule has 0 N–H and O–H groups in total. The summed E-state index contributed by atoms with van der Waals surface area (Å²) >= 11 is 14.4. The van der Waals surface area contributed by atoms with Gasteiger partial charge in [0.2, 0.25) is 0 Å². The maximum atomic E-state index is 4.81. The fourth-order valence-corrected chi connectivity index (χ4v) is 0. The van der Waals surface area contributed by atoms with E-state index in [1.165, 1.54) is 0 Å². The van der Waals surface area contributed by atoms with Crippen LogP contribution in [0.2, 0.25) is 0 Å². The van der Waals surface area contributed by atoms with Gasteiger partial charge in [-0.1, -0.05) is 0 Å². The van der Waals surface area contributed by atoms with Crippen molar-refractivity contribution in [2.45, 2.75) is 0 Å². The summed E-state index contributed by atoms with van der Waals surface area (Å²) in [5.74, 6) is 0. The highest BCUT2D eigenvalue weighted by Crippen LogP contribution is 1.97. The molecule has 0 saturated carbocycles. The molecule has 5 heteroatoms. The van der Waals surface area contributed by atoms with Crippen LogP contribution in [0.15, 0.2) is 0 Å². The molecule has 0 aliphatic carbocycles. The van der Waals surface area contributed by atoms with Gasteiger partial charge in [-0.25, -0.2) is 0 Å². The van der Waals surface area contributed by atoms with Crippen molar-refractivity contribution in [3.05, 3.63) is 0 Å². The summed E-state index contributed by atoms with van der Waals surface area (Å²) < 4.78 is 0. The third kappa shape index (κ3) is 36.2. The van der Waals surface area contributed by atoms with Gasteiger partial charge in [0.15, 0.2) is 0 Å². The van der Waals surface area contributed by atoms with E-state index in [1.54, 1.807) is 0 Å². The maximum absolute atomic E-state index is 4.81. The number of hydrogen-bond acceptors (Lipinski definition) is 0. The Hall–Kier alpha value is 1.22. The fourth-order valence-electron chi connectivity index (χ4n) is 0. The molecule has 0 aromatic heterocycles. The summed E-state index contributed by atoms with van der Waals surface area (Å²) in [7, 11) is 0. The average Bonchev–Trinajstić information content (AvgIpc) is 0.811. The highest BCUT2D eigenvalue weighted by Gasteiger charge is 1.91. The Balaban J connectivity index is 0. The van der Waals surface area contributed by atoms with Gasteiger partial charge in [0.1, 0.15) is 0 Å². The lowest BCUT2D eigenvalue weighted by Crippen LogP contribution is -1.66. The van der Waals surface area contributed by atoms with E-state index in [2.05, 4.69) is 0 Å². The van der Waals surface area contributed by atoms with E-state index in [-0.39, 0.29) is 12.4 Å². The molecular formula is HBCl4. The van der Waals surface area contributed by atoms with E-state index in [0.717, 1.165) is 0 Å². The van der Waals surface area contributed by atoms with E-state index in [4.69, 9.17) is 34.4 Å². The van der Waals surface area contributed by atoms with Crippen molar-refractivity contribution in [3.8, 4) is 0 Å². The molecule has 0 rings (SSSR count). The highest BCUT2D eigenvalue weighted by atomic mass is 35.6. The first kappa shape index (κ1) is 9.52. The molecule has 0 radical (unpaired) electrons. The lowest BCUT2D eigenvalue weighted by atomic mass is 10.7. The Morgan fingerprint density at radius 1 is 1.00 bits per heavy atom. The van der Waals surface area contributed by atoms with Crippen molar-refractivity contribution in [2.75, 3.05) is 0 Å². The van der Waals surface area contributed by atoms with Crippen LogP contribution in [0.1, 0.15) is 0 Å². The molecule has 0 aliphatic heterocycles. The molecule has 0 bridgehead atoms. The molecule has 0 atom stereocenters. The monoisotopic (exact) mass is 152 g/mol. The zero-order valence-electron chi connectivity index (χ0n) is 2.12. The van der Waals surface area contributed by atoms with Gasteiger partial charge in [0, 0.05) is 0 Å². The Morgan fingerprint density at radius 2 is 1.00 bits per heavy atom. The molecule has 0 aromatic rings. The van der Waals surface area contributed by atoms with Crippen LogP contribution in [-0.4, -0.2) is 4.96 Å². The van der Waals surface area contributed by atoms with Gasteiger partial charge in [-0.05, 0) is 0 Å². The van der Waals surface area contributed by atoms with Crippen molar-refractivity contribution in [3.63, 3.8) is 0 Å². The Labute approximate surface area is 52.0 Å². The Morgan fingerprint density at radius 3 is 1.00 bits per heavy atom. The second kappa shape index (κ2) is 5.22. The SMILES string of the molecule is Cl.ClB(Cl)Cl. The second-order valence-corrected chi connectivity index (χ2v) is 2.23. The molecule has 5 heavy (non-hydrogen) atoms. The molecule has 0 saturated heterocycles. The quantitative estimate of drug-likeness (QED) is 0.468. The number of rotatable bonds is 0. The molecule has 32 valence electrons. The largest absolute Gasteiger partial charge is 0.450 e. The summed E-state index contributed by atoms with van der Waals surface area (Å²) in [4.78, 5) is -0.750. The van der Waals surface area contributed by atoms with Crippen LogP contribution in [0.25, 0.3) is 0 Å². The third-order valence-corrected chi connectivity index (χ3v) is 0. The minimum Gasteiger partial charge on any atom is -0.150 e. The van der Waals surface area contributed by atoms with Crippen LogP contribution in [-0.2, 0) is 0 Å². The summed E-state index contributed by atoms with van der Waals surface area (Å²) in [6.45, 7) is 0. The zero-order valence-corrected chi connectivity index (χ0v) is 5.20. The maximum Gasteiger partial charge on any atom is 0.450 e. The molecule has 0 heterocycles. The predicted molar refractivity (Wildman–Crippen MR) is 30.6 cm³/mol. The van der Waals surface area contributed by atoms with Gasteiger partial charge in [-0.15, -0.1) is 12.4 Å². The normalized spacial score (nSPS) is 5.40. The van der Waals surface area contributed by atoms with E-state index in [0.29, 0.717) is 0 Å². The first-order valence-electron chi connectivity index (χ1n) is 0.655. The topological polar surface area (TPSA) is 0 Å². The molecule has 0 unspecified atom stereocenters. The van der Waals surface area contributed by atoms with E-state index in [1.807, 2.05) is 0 Å². The molecule has 0 nitrogen and oxygen atoms in total. The Bertz CT molecular complexity index is 8.36. The van der Waals surface area contributed by atoms with E-state index >= 15 is 0 Å². The van der Waals surface area contributed by atoms with Crippen molar-refractivity contribution < 1.29 is 0 Å². The van der Waals surface area contributed by atoms with Crippen molar-refractivity contribution in [1.82, 2.24) is 0 Å². The number of hydrogen-bond donors (Lipinski definition) is 0. The van der Waals surface area contributed by atoms with Crippen LogP contribution in [0.4, 0.5) is 0 Å². The van der Waals surface area contributed by atoms with Gasteiger partial charge in [0.25, 0.3) is 0 Å². The van der Waals surface area contributed by atoms with Crippen LogP contribution in [0, 0.1) is 0 Å². The van der Waals surface area contributed by atoms with E-state index < -0.39 is 4.96 Å². The molecule has 0 amide bonds. The van der Waals surface area contributed by atoms with Gasteiger partial charge in [0.05, 0.1) is 0 Å². The molecule has 0 fully saturated rings. The van der Waals surface area contributed by atoms with Crippen LogP contribution in [0.3, 0.4) is 0 Å². The molecule has 0 aromatic carbocycles. The van der Waals surface area contributed by atoms with E-state index in [9.17, 15) is 0 Å². The van der Waals surface area contributed by atoms with Gasteiger partial charge in [-0.2, -0.15) is 34.4 Å². The molecule has 0 aliphatic rings. The van der Waals surface area contributed by atoms with Gasteiger partial charge in [-0.3, -0.25) is 0 Å². The fraction of sp³-hybridized carbons (Fsp3) is 0. The minimum atomic E-state index is -0.750. The second-order valence-electron chi connectivity index (χ2n) is 0.247. The van der Waals surface area contributed by atoms with Crippen LogP contribution in [0.5, 0.6) is 0 Å². The minimum absolute atomic E-state index is 0. The average molecular weight is 154 g/mol. The smallest absolute Gasteiger partial charge is 0.150 e. The van der Waals surface area contributed by atoms with Crippen LogP contribution >= 0.6 is 46.8 Å². The van der Waals surface area contributed by atoms with Crippen LogP contribution < -0.4 is 0 Å². The standard InChI is InChI=1S/BCl3.ClH/c2-1(3)4;/h;1H. The summed E-state index contributed by atoms with van der Waals surface area (Å²) in [6, 6.07) is 0. The first-order chi connectivity index (χ1) is 1.73. The molecule has 0 spiro atoms.